The van der Waals surface area contributed by atoms with Crippen molar-refractivity contribution in [3.63, 3.8) is 0 Å². The quantitative estimate of drug-likeness (QED) is 0.507. The lowest BCUT2D eigenvalue weighted by Crippen LogP contribution is -2.46. The minimum atomic E-state index is -3.97. The van der Waals surface area contributed by atoms with E-state index in [2.05, 4.69) is 9.62 Å². The molecular formula is C26H28FN3O4S. The lowest BCUT2D eigenvalue weighted by atomic mass is 10.1. The summed E-state index contributed by atoms with van der Waals surface area (Å²) in [6, 6.07) is 16.5. The Hall–Kier alpha value is -3.43. The molecule has 184 valence electrons. The SMILES string of the molecule is Cc1ccc(C)c(S(=O)(=O)Nc2ccc(N3CCN(Cc4ccccc4F)CC3)cc2C(=O)O)c1. The van der Waals surface area contributed by atoms with Gasteiger partial charge in [0.1, 0.15) is 5.82 Å². The summed E-state index contributed by atoms with van der Waals surface area (Å²) in [5.41, 5.74) is 2.60. The van der Waals surface area contributed by atoms with Crippen molar-refractivity contribution in [2.24, 2.45) is 0 Å². The fraction of sp³-hybridized carbons (Fsp3) is 0.269. The number of carboxylic acid groups (broad SMARTS) is 1. The van der Waals surface area contributed by atoms with Gasteiger partial charge in [0, 0.05) is 44.0 Å². The van der Waals surface area contributed by atoms with E-state index in [0.717, 1.165) is 5.56 Å². The van der Waals surface area contributed by atoms with E-state index < -0.39 is 16.0 Å². The summed E-state index contributed by atoms with van der Waals surface area (Å²) in [6.45, 7) is 6.67. The summed E-state index contributed by atoms with van der Waals surface area (Å²) in [5.74, 6) is -1.44. The second-order valence-corrected chi connectivity index (χ2v) is 10.4. The van der Waals surface area contributed by atoms with Crippen LogP contribution in [-0.2, 0) is 16.6 Å². The molecule has 0 spiro atoms. The number of hydrogen-bond donors (Lipinski definition) is 2. The number of carbonyl (C=O) groups is 1. The maximum atomic E-state index is 14.0. The van der Waals surface area contributed by atoms with Crippen LogP contribution in [0.3, 0.4) is 0 Å². The van der Waals surface area contributed by atoms with Crippen molar-refractivity contribution in [1.82, 2.24) is 4.90 Å². The average Bonchev–Trinajstić information content (AvgIpc) is 2.82. The van der Waals surface area contributed by atoms with E-state index in [9.17, 15) is 22.7 Å². The van der Waals surface area contributed by atoms with Gasteiger partial charge in [-0.1, -0.05) is 30.3 Å². The van der Waals surface area contributed by atoms with Crippen LogP contribution in [0, 0.1) is 19.7 Å². The molecular weight excluding hydrogens is 469 g/mol. The molecule has 1 saturated heterocycles. The first-order valence-corrected chi connectivity index (χ1v) is 12.8. The van der Waals surface area contributed by atoms with Gasteiger partial charge in [0.25, 0.3) is 10.0 Å². The van der Waals surface area contributed by atoms with Gasteiger partial charge in [0.2, 0.25) is 0 Å². The zero-order valence-corrected chi connectivity index (χ0v) is 20.5. The Morgan fingerprint density at radius 1 is 1.00 bits per heavy atom. The van der Waals surface area contributed by atoms with E-state index in [0.29, 0.717) is 49.5 Å². The standard InChI is InChI=1S/C26H28FN3O4S/c1-18-7-8-19(2)25(15-18)35(33,34)28-24-10-9-21(16-22(24)26(31)32)30-13-11-29(12-14-30)17-20-5-3-4-6-23(20)27/h3-10,15-16,28H,11-14,17H2,1-2H3,(H,31,32). The molecule has 3 aromatic carbocycles. The van der Waals surface area contributed by atoms with E-state index in [1.54, 1.807) is 44.2 Å². The molecule has 0 aromatic heterocycles. The molecule has 0 radical (unpaired) electrons. The lowest BCUT2D eigenvalue weighted by Gasteiger charge is -2.36. The summed E-state index contributed by atoms with van der Waals surface area (Å²) in [6.07, 6.45) is 0. The zero-order valence-electron chi connectivity index (χ0n) is 19.7. The minimum absolute atomic E-state index is 0.0142. The molecule has 0 unspecified atom stereocenters. The second-order valence-electron chi connectivity index (χ2n) is 8.76. The van der Waals surface area contributed by atoms with E-state index in [-0.39, 0.29) is 22.0 Å². The van der Waals surface area contributed by atoms with Crippen LogP contribution in [0.15, 0.2) is 65.6 Å². The highest BCUT2D eigenvalue weighted by molar-refractivity contribution is 7.92. The molecule has 0 atom stereocenters. The highest BCUT2D eigenvalue weighted by Gasteiger charge is 2.23. The van der Waals surface area contributed by atoms with Crippen molar-refractivity contribution in [1.29, 1.82) is 0 Å². The average molecular weight is 498 g/mol. The van der Waals surface area contributed by atoms with Crippen LogP contribution in [0.5, 0.6) is 0 Å². The third-order valence-corrected chi connectivity index (χ3v) is 7.71. The molecule has 0 saturated carbocycles. The molecule has 7 nitrogen and oxygen atoms in total. The molecule has 1 heterocycles. The molecule has 1 aliphatic rings. The Morgan fingerprint density at radius 3 is 2.40 bits per heavy atom. The third kappa shape index (κ3) is 5.63. The van der Waals surface area contributed by atoms with Gasteiger partial charge in [0.15, 0.2) is 0 Å². The number of carboxylic acids is 1. The Balaban J connectivity index is 1.50. The second kappa shape index (κ2) is 10.1. The van der Waals surface area contributed by atoms with Crippen LogP contribution in [-0.4, -0.2) is 50.6 Å². The molecule has 3 aromatic rings. The molecule has 0 bridgehead atoms. The number of sulfonamides is 1. The Morgan fingerprint density at radius 2 is 1.71 bits per heavy atom. The van der Waals surface area contributed by atoms with Gasteiger partial charge >= 0.3 is 5.97 Å². The molecule has 4 rings (SSSR count). The lowest BCUT2D eigenvalue weighted by molar-refractivity contribution is 0.0698. The van der Waals surface area contributed by atoms with Crippen molar-refractivity contribution >= 4 is 27.4 Å². The predicted octanol–water partition coefficient (Wildman–Crippen LogP) is 4.26. The Bertz CT molecular complexity index is 1350. The first-order valence-electron chi connectivity index (χ1n) is 11.3. The van der Waals surface area contributed by atoms with Gasteiger partial charge in [0.05, 0.1) is 16.1 Å². The van der Waals surface area contributed by atoms with E-state index in [1.165, 1.54) is 18.2 Å². The number of rotatable bonds is 7. The van der Waals surface area contributed by atoms with Crippen molar-refractivity contribution in [2.75, 3.05) is 35.8 Å². The predicted molar refractivity (Wildman–Crippen MR) is 134 cm³/mol. The molecule has 35 heavy (non-hydrogen) atoms. The monoisotopic (exact) mass is 497 g/mol. The largest absolute Gasteiger partial charge is 0.478 e. The van der Waals surface area contributed by atoms with Crippen LogP contribution in [0.4, 0.5) is 15.8 Å². The Kier molecular flexibility index (Phi) is 7.09. The molecule has 0 aliphatic carbocycles. The first kappa shape index (κ1) is 24.7. The fourth-order valence-electron chi connectivity index (χ4n) is 4.22. The number of benzene rings is 3. The molecule has 1 fully saturated rings. The van der Waals surface area contributed by atoms with E-state index >= 15 is 0 Å². The van der Waals surface area contributed by atoms with Gasteiger partial charge in [-0.2, -0.15) is 0 Å². The highest BCUT2D eigenvalue weighted by atomic mass is 32.2. The number of nitrogens with zero attached hydrogens (tertiary/aromatic N) is 2. The van der Waals surface area contributed by atoms with Crippen LogP contribution in [0.25, 0.3) is 0 Å². The summed E-state index contributed by atoms with van der Waals surface area (Å²) in [7, 11) is -3.97. The van der Waals surface area contributed by atoms with Gasteiger partial charge < -0.3 is 10.0 Å². The van der Waals surface area contributed by atoms with Gasteiger partial charge in [-0.3, -0.25) is 9.62 Å². The van der Waals surface area contributed by atoms with Crippen molar-refractivity contribution in [3.05, 3.63) is 88.7 Å². The van der Waals surface area contributed by atoms with Gasteiger partial charge in [-0.25, -0.2) is 17.6 Å². The summed E-state index contributed by atoms with van der Waals surface area (Å²) < 4.78 is 42.4. The number of anilines is 2. The van der Waals surface area contributed by atoms with Crippen molar-refractivity contribution in [3.8, 4) is 0 Å². The minimum Gasteiger partial charge on any atom is -0.478 e. The van der Waals surface area contributed by atoms with Crippen LogP contribution in [0.2, 0.25) is 0 Å². The molecule has 0 amide bonds. The number of piperazine rings is 1. The van der Waals surface area contributed by atoms with Crippen molar-refractivity contribution in [2.45, 2.75) is 25.3 Å². The smallest absolute Gasteiger partial charge is 0.337 e. The maximum Gasteiger partial charge on any atom is 0.337 e. The fourth-order valence-corrected chi connectivity index (χ4v) is 5.63. The molecule has 1 aliphatic heterocycles. The number of halogens is 1. The molecule has 2 N–H and O–H groups in total. The Labute approximate surface area is 204 Å². The van der Waals surface area contributed by atoms with Gasteiger partial charge in [-0.15, -0.1) is 0 Å². The number of aromatic carboxylic acids is 1. The van der Waals surface area contributed by atoms with Gasteiger partial charge in [-0.05, 0) is 55.3 Å². The van der Waals surface area contributed by atoms with Crippen LogP contribution >= 0.6 is 0 Å². The zero-order chi connectivity index (χ0) is 25.2. The topological polar surface area (TPSA) is 90.0 Å². The number of aryl methyl sites for hydroxylation is 2. The van der Waals surface area contributed by atoms with Crippen molar-refractivity contribution < 1.29 is 22.7 Å². The van der Waals surface area contributed by atoms with E-state index in [4.69, 9.17) is 0 Å². The first-order chi connectivity index (χ1) is 16.6. The van der Waals surface area contributed by atoms with Crippen LogP contribution < -0.4 is 9.62 Å². The molecule has 9 heteroatoms. The number of nitrogens with one attached hydrogen (secondary N) is 1. The summed E-state index contributed by atoms with van der Waals surface area (Å²) in [5, 5.41) is 9.79. The maximum absolute atomic E-state index is 14.0. The summed E-state index contributed by atoms with van der Waals surface area (Å²) in [4.78, 5) is 16.3. The van der Waals surface area contributed by atoms with E-state index in [1.807, 2.05) is 17.0 Å². The third-order valence-electron chi connectivity index (χ3n) is 6.20. The highest BCUT2D eigenvalue weighted by Crippen LogP contribution is 2.28. The number of hydrogen-bond acceptors (Lipinski definition) is 5. The normalized spacial score (nSPS) is 14.7. The van der Waals surface area contributed by atoms with Crippen LogP contribution in [0.1, 0.15) is 27.0 Å². The summed E-state index contributed by atoms with van der Waals surface area (Å²) >= 11 is 0.